The minimum absolute atomic E-state index is 0.407. The van der Waals surface area contributed by atoms with E-state index in [9.17, 15) is 9.59 Å². The smallest absolute Gasteiger partial charge is 0.331 e. The molecule has 1 heterocycles. The second kappa shape index (κ2) is 8.40. The SMILES string of the molecule is O=C(COC(=O)C=Cc1ccc2c(c1)OCCO2)Nc1ccccc1Cl. The minimum Gasteiger partial charge on any atom is -0.486 e. The Balaban J connectivity index is 1.50. The van der Waals surface area contributed by atoms with Crippen molar-refractivity contribution in [3.63, 3.8) is 0 Å². The number of fused-ring (bicyclic) bond motifs is 1. The highest BCUT2D eigenvalue weighted by Crippen LogP contribution is 2.31. The van der Waals surface area contributed by atoms with Crippen LogP contribution in [0, 0.1) is 0 Å². The van der Waals surface area contributed by atoms with Crippen molar-refractivity contribution in [3.8, 4) is 11.5 Å². The lowest BCUT2D eigenvalue weighted by Gasteiger charge is -2.18. The number of anilines is 1. The summed E-state index contributed by atoms with van der Waals surface area (Å²) >= 11 is 5.95. The first kappa shape index (κ1) is 17.8. The van der Waals surface area contributed by atoms with E-state index < -0.39 is 18.5 Å². The van der Waals surface area contributed by atoms with Crippen molar-refractivity contribution < 1.29 is 23.8 Å². The molecule has 0 radical (unpaired) electrons. The van der Waals surface area contributed by atoms with Gasteiger partial charge in [0.25, 0.3) is 5.91 Å². The van der Waals surface area contributed by atoms with Crippen LogP contribution < -0.4 is 14.8 Å². The second-order valence-electron chi connectivity index (χ2n) is 5.37. The number of hydrogen-bond acceptors (Lipinski definition) is 5. The molecule has 0 saturated heterocycles. The van der Waals surface area contributed by atoms with Gasteiger partial charge >= 0.3 is 5.97 Å². The van der Waals surface area contributed by atoms with Crippen LogP contribution in [0.2, 0.25) is 5.02 Å². The lowest BCUT2D eigenvalue weighted by Crippen LogP contribution is -2.20. The highest BCUT2D eigenvalue weighted by atomic mass is 35.5. The van der Waals surface area contributed by atoms with E-state index in [1.165, 1.54) is 6.08 Å². The molecule has 1 aliphatic rings. The molecule has 6 nitrogen and oxygen atoms in total. The van der Waals surface area contributed by atoms with Crippen LogP contribution in [0.4, 0.5) is 5.69 Å². The molecule has 0 spiro atoms. The van der Waals surface area contributed by atoms with Gasteiger partial charge in [-0.2, -0.15) is 0 Å². The van der Waals surface area contributed by atoms with Crippen molar-refractivity contribution in [1.29, 1.82) is 0 Å². The van der Waals surface area contributed by atoms with Gasteiger partial charge < -0.3 is 19.5 Å². The summed E-state index contributed by atoms with van der Waals surface area (Å²) < 4.78 is 15.8. The molecule has 1 amide bonds. The Morgan fingerprint density at radius 3 is 2.69 bits per heavy atom. The predicted molar refractivity (Wildman–Crippen MR) is 97.5 cm³/mol. The van der Waals surface area contributed by atoms with Crippen molar-refractivity contribution in [2.24, 2.45) is 0 Å². The number of para-hydroxylation sites is 1. The summed E-state index contributed by atoms with van der Waals surface area (Å²) in [5.41, 5.74) is 1.22. The standard InChI is InChI=1S/C19H16ClNO5/c20-14-3-1-2-4-15(14)21-18(22)12-26-19(23)8-6-13-5-7-16-17(11-13)25-10-9-24-16/h1-8,11H,9-10,12H2,(H,21,22). The normalized spacial score (nSPS) is 12.7. The summed E-state index contributed by atoms with van der Waals surface area (Å²) in [5.74, 6) is 0.200. The number of benzene rings is 2. The molecule has 26 heavy (non-hydrogen) atoms. The van der Waals surface area contributed by atoms with E-state index in [1.54, 1.807) is 48.5 Å². The van der Waals surface area contributed by atoms with Gasteiger partial charge in [-0.05, 0) is 35.9 Å². The molecule has 0 fully saturated rings. The summed E-state index contributed by atoms with van der Waals surface area (Å²) in [5, 5.41) is 2.98. The third kappa shape index (κ3) is 4.77. The Morgan fingerprint density at radius 1 is 1.12 bits per heavy atom. The van der Waals surface area contributed by atoms with Gasteiger partial charge in [0, 0.05) is 6.08 Å². The molecule has 0 aliphatic carbocycles. The third-order valence-electron chi connectivity index (χ3n) is 3.47. The van der Waals surface area contributed by atoms with Gasteiger partial charge in [0.2, 0.25) is 0 Å². The number of esters is 1. The predicted octanol–water partition coefficient (Wildman–Crippen LogP) is 3.31. The van der Waals surface area contributed by atoms with Gasteiger partial charge in [-0.15, -0.1) is 0 Å². The molecular weight excluding hydrogens is 358 g/mol. The van der Waals surface area contributed by atoms with Crippen LogP contribution in [0.25, 0.3) is 6.08 Å². The summed E-state index contributed by atoms with van der Waals surface area (Å²) in [6.07, 6.45) is 2.82. The van der Waals surface area contributed by atoms with Gasteiger partial charge in [-0.3, -0.25) is 4.79 Å². The number of carbonyl (C=O) groups is 2. The number of rotatable bonds is 5. The van der Waals surface area contributed by atoms with Crippen molar-refractivity contribution in [2.45, 2.75) is 0 Å². The minimum atomic E-state index is -0.630. The summed E-state index contributed by atoms with van der Waals surface area (Å²) in [6.45, 7) is 0.600. The van der Waals surface area contributed by atoms with Crippen LogP contribution in [0.1, 0.15) is 5.56 Å². The zero-order valence-electron chi connectivity index (χ0n) is 13.7. The van der Waals surface area contributed by atoms with Crippen LogP contribution in [0.3, 0.4) is 0 Å². The Labute approximate surface area is 155 Å². The highest BCUT2D eigenvalue weighted by molar-refractivity contribution is 6.33. The molecule has 1 N–H and O–H groups in total. The van der Waals surface area contributed by atoms with E-state index in [-0.39, 0.29) is 0 Å². The zero-order chi connectivity index (χ0) is 18.4. The van der Waals surface area contributed by atoms with E-state index in [1.807, 2.05) is 0 Å². The van der Waals surface area contributed by atoms with E-state index in [0.717, 1.165) is 5.56 Å². The first-order chi connectivity index (χ1) is 12.6. The number of carbonyl (C=O) groups excluding carboxylic acids is 2. The van der Waals surface area contributed by atoms with Crippen LogP contribution in [0.15, 0.2) is 48.5 Å². The first-order valence-corrected chi connectivity index (χ1v) is 8.28. The maximum absolute atomic E-state index is 11.8. The molecule has 3 rings (SSSR count). The van der Waals surface area contributed by atoms with Crippen LogP contribution >= 0.6 is 11.6 Å². The van der Waals surface area contributed by atoms with E-state index >= 15 is 0 Å². The average molecular weight is 374 g/mol. The average Bonchev–Trinajstić information content (AvgIpc) is 2.66. The molecule has 2 aromatic carbocycles. The van der Waals surface area contributed by atoms with Gasteiger partial charge in [-0.25, -0.2) is 4.79 Å². The molecule has 2 aromatic rings. The summed E-state index contributed by atoms with van der Waals surface area (Å²) in [6, 6.07) is 12.1. The number of halogens is 1. The number of amides is 1. The summed E-state index contributed by atoms with van der Waals surface area (Å²) in [7, 11) is 0. The van der Waals surface area contributed by atoms with Gasteiger partial charge in [0.05, 0.1) is 10.7 Å². The lowest BCUT2D eigenvalue weighted by atomic mass is 10.2. The molecule has 1 aliphatic heterocycles. The molecule has 7 heteroatoms. The fourth-order valence-electron chi connectivity index (χ4n) is 2.26. The maximum atomic E-state index is 11.8. The van der Waals surface area contributed by atoms with Gasteiger partial charge in [-0.1, -0.05) is 29.8 Å². The molecule has 0 saturated carbocycles. The Morgan fingerprint density at radius 2 is 1.88 bits per heavy atom. The van der Waals surface area contributed by atoms with E-state index in [0.29, 0.717) is 35.4 Å². The molecule has 134 valence electrons. The van der Waals surface area contributed by atoms with Crippen LogP contribution in [0.5, 0.6) is 11.5 Å². The van der Waals surface area contributed by atoms with E-state index in [2.05, 4.69) is 5.32 Å². The largest absolute Gasteiger partial charge is 0.486 e. The third-order valence-corrected chi connectivity index (χ3v) is 3.80. The highest BCUT2D eigenvalue weighted by Gasteiger charge is 2.11. The Hall–Kier alpha value is -2.99. The second-order valence-corrected chi connectivity index (χ2v) is 5.78. The monoisotopic (exact) mass is 373 g/mol. The fourth-order valence-corrected chi connectivity index (χ4v) is 2.44. The molecular formula is C19H16ClNO5. The van der Waals surface area contributed by atoms with Crippen molar-refractivity contribution >= 4 is 35.2 Å². The quantitative estimate of drug-likeness (QED) is 0.643. The van der Waals surface area contributed by atoms with Crippen molar-refractivity contribution in [2.75, 3.05) is 25.1 Å². The van der Waals surface area contributed by atoms with Crippen molar-refractivity contribution in [3.05, 3.63) is 59.1 Å². The van der Waals surface area contributed by atoms with Crippen LogP contribution in [-0.4, -0.2) is 31.7 Å². The molecule has 0 unspecified atom stereocenters. The maximum Gasteiger partial charge on any atom is 0.331 e. The lowest BCUT2D eigenvalue weighted by molar-refractivity contribution is -0.142. The molecule has 0 aromatic heterocycles. The van der Waals surface area contributed by atoms with E-state index in [4.69, 9.17) is 25.8 Å². The number of hydrogen-bond donors (Lipinski definition) is 1. The first-order valence-electron chi connectivity index (χ1n) is 7.91. The number of nitrogens with one attached hydrogen (secondary N) is 1. The summed E-state index contributed by atoms with van der Waals surface area (Å²) in [4.78, 5) is 23.6. The number of ether oxygens (including phenoxy) is 3. The molecule has 0 atom stereocenters. The topological polar surface area (TPSA) is 73.9 Å². The Kier molecular flexibility index (Phi) is 5.76. The van der Waals surface area contributed by atoms with Crippen LogP contribution in [-0.2, 0) is 14.3 Å². The Bertz CT molecular complexity index is 850. The zero-order valence-corrected chi connectivity index (χ0v) is 14.5. The van der Waals surface area contributed by atoms with Crippen molar-refractivity contribution in [1.82, 2.24) is 0 Å². The molecule has 0 bridgehead atoms. The fraction of sp³-hybridized carbons (Fsp3) is 0.158. The van der Waals surface area contributed by atoms with Gasteiger partial charge in [0.15, 0.2) is 18.1 Å². The van der Waals surface area contributed by atoms with Gasteiger partial charge in [0.1, 0.15) is 13.2 Å².